The van der Waals surface area contributed by atoms with Gasteiger partial charge in [0.1, 0.15) is 11.7 Å². The third-order valence-corrected chi connectivity index (χ3v) is 5.01. The van der Waals surface area contributed by atoms with Gasteiger partial charge in [-0.05, 0) is 38.2 Å². The fourth-order valence-corrected chi connectivity index (χ4v) is 3.55. The van der Waals surface area contributed by atoms with Crippen molar-refractivity contribution >= 4 is 5.91 Å². The van der Waals surface area contributed by atoms with Crippen LogP contribution in [0.4, 0.5) is 0 Å². The van der Waals surface area contributed by atoms with E-state index in [-0.39, 0.29) is 23.7 Å². The van der Waals surface area contributed by atoms with E-state index in [0.717, 1.165) is 32.3 Å². The van der Waals surface area contributed by atoms with Crippen LogP contribution in [0.3, 0.4) is 0 Å². The smallest absolute Gasteiger partial charge is 0.244 e. The zero-order valence-corrected chi connectivity index (χ0v) is 12.5. The van der Waals surface area contributed by atoms with Gasteiger partial charge >= 0.3 is 0 Å². The Labute approximate surface area is 125 Å². The van der Waals surface area contributed by atoms with Crippen LogP contribution in [0.2, 0.25) is 0 Å². The van der Waals surface area contributed by atoms with Crippen molar-refractivity contribution in [1.82, 2.24) is 10.2 Å². The van der Waals surface area contributed by atoms with Gasteiger partial charge in [-0.15, -0.1) is 0 Å². The minimum absolute atomic E-state index is 0.00676. The molecule has 1 N–H and O–H groups in total. The van der Waals surface area contributed by atoms with Gasteiger partial charge in [-0.25, -0.2) is 0 Å². The number of carbonyl (C=O) groups excluding carboxylic acids is 1. The molecule has 0 aromatic heterocycles. The first-order chi connectivity index (χ1) is 10.2. The molecule has 0 radical (unpaired) electrons. The summed E-state index contributed by atoms with van der Waals surface area (Å²) in [6.45, 7) is 3.59. The summed E-state index contributed by atoms with van der Waals surface area (Å²) in [6, 6.07) is 8.73. The van der Waals surface area contributed by atoms with Crippen LogP contribution in [0.15, 0.2) is 24.3 Å². The third-order valence-electron chi connectivity index (χ3n) is 5.01. The fraction of sp³-hybridized carbons (Fsp3) is 0.588. The molecule has 4 nitrogen and oxygen atoms in total. The van der Waals surface area contributed by atoms with Crippen LogP contribution in [0, 0.1) is 6.92 Å². The molecular formula is C17H22N2O2. The van der Waals surface area contributed by atoms with E-state index in [4.69, 9.17) is 4.74 Å². The summed E-state index contributed by atoms with van der Waals surface area (Å²) in [4.78, 5) is 14.9. The average molecular weight is 286 g/mol. The van der Waals surface area contributed by atoms with Crippen molar-refractivity contribution in [2.45, 2.75) is 50.4 Å². The van der Waals surface area contributed by atoms with Crippen LogP contribution >= 0.6 is 0 Å². The SMILES string of the molecule is Cc1ccc(C2NC3(CC3)C(=O)N2C2CCCOC2)cc1. The van der Waals surface area contributed by atoms with Gasteiger partial charge in [0, 0.05) is 6.61 Å². The van der Waals surface area contributed by atoms with Gasteiger partial charge in [0.2, 0.25) is 5.91 Å². The lowest BCUT2D eigenvalue weighted by molar-refractivity contribution is -0.136. The molecule has 2 atom stereocenters. The van der Waals surface area contributed by atoms with E-state index in [1.165, 1.54) is 11.1 Å². The number of nitrogens with one attached hydrogen (secondary N) is 1. The van der Waals surface area contributed by atoms with Crippen molar-refractivity contribution in [3.63, 3.8) is 0 Å². The largest absolute Gasteiger partial charge is 0.379 e. The zero-order chi connectivity index (χ0) is 14.4. The van der Waals surface area contributed by atoms with E-state index in [1.54, 1.807) is 0 Å². The number of ether oxygens (including phenoxy) is 1. The molecular weight excluding hydrogens is 264 g/mol. The summed E-state index contributed by atoms with van der Waals surface area (Å²) in [5.74, 6) is 0.281. The van der Waals surface area contributed by atoms with Crippen LogP contribution in [0.25, 0.3) is 0 Å². The highest BCUT2D eigenvalue weighted by molar-refractivity contribution is 5.92. The predicted molar refractivity (Wildman–Crippen MR) is 79.7 cm³/mol. The summed E-state index contributed by atoms with van der Waals surface area (Å²) in [5, 5.41) is 3.60. The summed E-state index contributed by atoms with van der Waals surface area (Å²) < 4.78 is 5.61. The molecule has 1 saturated carbocycles. The van der Waals surface area contributed by atoms with Gasteiger partial charge < -0.3 is 9.64 Å². The summed E-state index contributed by atoms with van der Waals surface area (Å²) in [5.41, 5.74) is 2.16. The first kappa shape index (κ1) is 13.3. The van der Waals surface area contributed by atoms with Crippen LogP contribution < -0.4 is 5.32 Å². The molecule has 4 rings (SSSR count). The summed E-state index contributed by atoms with van der Waals surface area (Å²) in [7, 11) is 0. The Bertz CT molecular complexity index is 544. The second kappa shape index (κ2) is 4.82. The summed E-state index contributed by atoms with van der Waals surface area (Å²) in [6.07, 6.45) is 4.04. The Morgan fingerprint density at radius 3 is 2.67 bits per heavy atom. The molecule has 1 aromatic carbocycles. The summed E-state index contributed by atoms with van der Waals surface area (Å²) >= 11 is 0. The predicted octanol–water partition coefficient (Wildman–Crippen LogP) is 2.14. The van der Waals surface area contributed by atoms with E-state index in [0.29, 0.717) is 6.61 Å². The maximum absolute atomic E-state index is 12.8. The van der Waals surface area contributed by atoms with Crippen molar-refractivity contribution in [2.24, 2.45) is 0 Å². The third kappa shape index (κ3) is 2.17. The second-order valence-electron chi connectivity index (χ2n) is 6.62. The Morgan fingerprint density at radius 2 is 2.05 bits per heavy atom. The lowest BCUT2D eigenvalue weighted by Crippen LogP contribution is -2.45. The van der Waals surface area contributed by atoms with E-state index in [2.05, 4.69) is 41.4 Å². The van der Waals surface area contributed by atoms with Crippen molar-refractivity contribution in [3.8, 4) is 0 Å². The maximum Gasteiger partial charge on any atom is 0.244 e. The van der Waals surface area contributed by atoms with Crippen molar-refractivity contribution in [3.05, 3.63) is 35.4 Å². The minimum Gasteiger partial charge on any atom is -0.379 e. The molecule has 1 aromatic rings. The molecule has 0 bridgehead atoms. The quantitative estimate of drug-likeness (QED) is 0.905. The van der Waals surface area contributed by atoms with Crippen molar-refractivity contribution in [1.29, 1.82) is 0 Å². The topological polar surface area (TPSA) is 41.6 Å². The number of amides is 1. The Kier molecular flexibility index (Phi) is 3.05. The first-order valence-corrected chi connectivity index (χ1v) is 7.94. The highest BCUT2D eigenvalue weighted by atomic mass is 16.5. The monoisotopic (exact) mass is 286 g/mol. The van der Waals surface area contributed by atoms with Gasteiger partial charge in [0.25, 0.3) is 0 Å². The number of hydrogen-bond acceptors (Lipinski definition) is 3. The lowest BCUT2D eigenvalue weighted by Gasteiger charge is -2.35. The molecule has 2 aliphatic heterocycles. The average Bonchev–Trinajstić information content (AvgIpc) is 3.23. The number of benzene rings is 1. The van der Waals surface area contributed by atoms with E-state index in [1.807, 2.05) is 0 Å². The van der Waals surface area contributed by atoms with Gasteiger partial charge in [-0.3, -0.25) is 10.1 Å². The van der Waals surface area contributed by atoms with Crippen molar-refractivity contribution in [2.75, 3.05) is 13.2 Å². The van der Waals surface area contributed by atoms with Gasteiger partial charge in [-0.1, -0.05) is 29.8 Å². The molecule has 1 amide bonds. The highest BCUT2D eigenvalue weighted by Gasteiger charge is 2.60. The zero-order valence-electron chi connectivity index (χ0n) is 12.5. The molecule has 2 saturated heterocycles. The highest BCUT2D eigenvalue weighted by Crippen LogP contribution is 2.47. The Hall–Kier alpha value is -1.39. The van der Waals surface area contributed by atoms with Crippen LogP contribution in [-0.4, -0.2) is 35.6 Å². The fourth-order valence-electron chi connectivity index (χ4n) is 3.55. The maximum atomic E-state index is 12.8. The second-order valence-corrected chi connectivity index (χ2v) is 6.62. The normalized spacial score (nSPS) is 30.9. The number of nitrogens with zero attached hydrogens (tertiary/aromatic N) is 1. The van der Waals surface area contributed by atoms with E-state index >= 15 is 0 Å². The van der Waals surface area contributed by atoms with Crippen LogP contribution in [0.1, 0.15) is 43.0 Å². The molecule has 21 heavy (non-hydrogen) atoms. The number of rotatable bonds is 2. The van der Waals surface area contributed by atoms with Crippen LogP contribution in [-0.2, 0) is 9.53 Å². The molecule has 3 aliphatic rings. The Morgan fingerprint density at radius 1 is 1.29 bits per heavy atom. The standard InChI is InChI=1S/C17H22N2O2/c1-12-4-6-13(7-5-12)15-18-17(8-9-17)16(20)19(15)14-3-2-10-21-11-14/h4-7,14-15,18H,2-3,8-11H2,1H3. The van der Waals surface area contributed by atoms with Crippen LogP contribution in [0.5, 0.6) is 0 Å². The molecule has 4 heteroatoms. The minimum atomic E-state index is -0.271. The van der Waals surface area contributed by atoms with Gasteiger partial charge in [0.15, 0.2) is 0 Å². The lowest BCUT2D eigenvalue weighted by atomic mass is 10.0. The Balaban J connectivity index is 1.66. The van der Waals surface area contributed by atoms with E-state index < -0.39 is 0 Å². The molecule has 2 unspecified atom stereocenters. The van der Waals surface area contributed by atoms with E-state index in [9.17, 15) is 4.79 Å². The number of carbonyl (C=O) groups is 1. The molecule has 3 fully saturated rings. The van der Waals surface area contributed by atoms with Gasteiger partial charge in [-0.2, -0.15) is 0 Å². The first-order valence-electron chi connectivity index (χ1n) is 7.94. The molecule has 1 aliphatic carbocycles. The molecule has 1 spiro atoms. The molecule has 2 heterocycles. The number of hydrogen-bond donors (Lipinski definition) is 1. The molecule has 112 valence electrons. The number of aryl methyl sites for hydroxylation is 1. The van der Waals surface area contributed by atoms with Gasteiger partial charge in [0.05, 0.1) is 12.6 Å². The van der Waals surface area contributed by atoms with Crippen molar-refractivity contribution < 1.29 is 9.53 Å².